The number of hydrogen-bond acceptors (Lipinski definition) is 2. The van der Waals surface area contributed by atoms with E-state index in [2.05, 4.69) is 24.5 Å². The van der Waals surface area contributed by atoms with Gasteiger partial charge in [0.25, 0.3) is 0 Å². The van der Waals surface area contributed by atoms with Crippen LogP contribution in [0.5, 0.6) is 0 Å². The Bertz CT molecular complexity index is 284. The maximum atomic E-state index is 12.2. The van der Waals surface area contributed by atoms with Crippen molar-refractivity contribution in [3.05, 3.63) is 0 Å². The largest absolute Gasteiger partial charge is 0.353 e. The fraction of sp³-hybridized carbons (Fsp3) is 0.938. The highest BCUT2D eigenvalue weighted by atomic mass is 16.1. The molecule has 110 valence electrons. The molecule has 1 saturated heterocycles. The first-order valence-electron chi connectivity index (χ1n) is 8.17. The summed E-state index contributed by atoms with van der Waals surface area (Å²) in [5.74, 6) is 2.27. The van der Waals surface area contributed by atoms with E-state index in [4.69, 9.17) is 0 Å². The summed E-state index contributed by atoms with van der Waals surface area (Å²) in [6.45, 7) is 6.75. The molecule has 2 unspecified atom stereocenters. The van der Waals surface area contributed by atoms with Crippen molar-refractivity contribution in [2.45, 2.75) is 64.8 Å². The first kappa shape index (κ1) is 14.8. The third kappa shape index (κ3) is 4.48. The van der Waals surface area contributed by atoms with Crippen LogP contribution in [-0.2, 0) is 4.79 Å². The minimum absolute atomic E-state index is 0.296. The van der Waals surface area contributed by atoms with E-state index in [1.165, 1.54) is 25.7 Å². The van der Waals surface area contributed by atoms with Crippen LogP contribution >= 0.6 is 0 Å². The van der Waals surface area contributed by atoms with E-state index in [0.29, 0.717) is 29.7 Å². The maximum absolute atomic E-state index is 12.2. The van der Waals surface area contributed by atoms with Gasteiger partial charge in [0.2, 0.25) is 5.91 Å². The molecule has 1 amide bonds. The van der Waals surface area contributed by atoms with E-state index in [1.54, 1.807) is 0 Å². The Kier molecular flexibility index (Phi) is 5.68. The normalized spacial score (nSPS) is 29.4. The summed E-state index contributed by atoms with van der Waals surface area (Å²) in [5, 5.41) is 6.70. The van der Waals surface area contributed by atoms with Gasteiger partial charge in [0, 0.05) is 12.5 Å². The fourth-order valence-corrected chi connectivity index (χ4v) is 3.75. The van der Waals surface area contributed by atoms with Crippen LogP contribution in [0.1, 0.15) is 58.8 Å². The molecule has 0 aromatic heterocycles. The summed E-state index contributed by atoms with van der Waals surface area (Å²) in [7, 11) is 0. The second-order valence-electron chi connectivity index (χ2n) is 6.76. The third-order valence-corrected chi connectivity index (χ3v) is 4.95. The van der Waals surface area contributed by atoms with Crippen LogP contribution in [0.25, 0.3) is 0 Å². The maximum Gasteiger partial charge on any atom is 0.220 e. The minimum atomic E-state index is 0.296. The van der Waals surface area contributed by atoms with Crippen molar-refractivity contribution in [2.24, 2.45) is 17.8 Å². The second-order valence-corrected chi connectivity index (χ2v) is 6.76. The molecule has 19 heavy (non-hydrogen) atoms. The smallest absolute Gasteiger partial charge is 0.220 e. The van der Waals surface area contributed by atoms with Crippen LogP contribution in [-0.4, -0.2) is 25.0 Å². The first-order valence-corrected chi connectivity index (χ1v) is 8.17. The standard InChI is InChI=1S/C16H30N2O/c1-12(2)14-5-3-4-6-15(14)18-16(19)11-13-7-9-17-10-8-13/h12-15,17H,3-11H2,1-2H3,(H,18,19). The van der Waals surface area contributed by atoms with E-state index >= 15 is 0 Å². The Labute approximate surface area is 117 Å². The van der Waals surface area contributed by atoms with Crippen LogP contribution in [0.2, 0.25) is 0 Å². The molecule has 1 heterocycles. The van der Waals surface area contributed by atoms with E-state index < -0.39 is 0 Å². The molecule has 0 aromatic carbocycles. The quantitative estimate of drug-likeness (QED) is 0.821. The zero-order chi connectivity index (χ0) is 13.7. The first-order chi connectivity index (χ1) is 9.16. The van der Waals surface area contributed by atoms with Crippen LogP contribution < -0.4 is 10.6 Å². The molecule has 3 nitrogen and oxygen atoms in total. The molecule has 0 aromatic rings. The molecular formula is C16H30N2O. The summed E-state index contributed by atoms with van der Waals surface area (Å²) in [6.07, 6.45) is 8.14. The highest BCUT2D eigenvalue weighted by molar-refractivity contribution is 5.76. The predicted octanol–water partition coefficient (Wildman–Crippen LogP) is 2.71. The Morgan fingerprint density at radius 2 is 1.84 bits per heavy atom. The fourth-order valence-electron chi connectivity index (χ4n) is 3.75. The Balaban J connectivity index is 1.79. The van der Waals surface area contributed by atoms with Gasteiger partial charge in [0.1, 0.15) is 0 Å². The predicted molar refractivity (Wildman–Crippen MR) is 78.9 cm³/mol. The summed E-state index contributed by atoms with van der Waals surface area (Å²) in [6, 6.07) is 0.433. The van der Waals surface area contributed by atoms with Crippen molar-refractivity contribution in [2.75, 3.05) is 13.1 Å². The number of nitrogens with one attached hydrogen (secondary N) is 2. The number of carbonyl (C=O) groups excluding carboxylic acids is 1. The molecule has 1 saturated carbocycles. The van der Waals surface area contributed by atoms with Gasteiger partial charge in [-0.25, -0.2) is 0 Å². The van der Waals surface area contributed by atoms with Gasteiger partial charge >= 0.3 is 0 Å². The van der Waals surface area contributed by atoms with E-state index in [1.807, 2.05) is 0 Å². The van der Waals surface area contributed by atoms with Gasteiger partial charge in [-0.05, 0) is 56.5 Å². The van der Waals surface area contributed by atoms with Gasteiger partial charge in [-0.1, -0.05) is 26.7 Å². The Hall–Kier alpha value is -0.570. The van der Waals surface area contributed by atoms with Crippen molar-refractivity contribution < 1.29 is 4.79 Å². The summed E-state index contributed by atoms with van der Waals surface area (Å²) >= 11 is 0. The lowest BCUT2D eigenvalue weighted by Crippen LogP contribution is -2.44. The Morgan fingerprint density at radius 3 is 2.53 bits per heavy atom. The highest BCUT2D eigenvalue weighted by Crippen LogP contribution is 2.30. The van der Waals surface area contributed by atoms with Gasteiger partial charge in [-0.2, -0.15) is 0 Å². The molecule has 2 N–H and O–H groups in total. The summed E-state index contributed by atoms with van der Waals surface area (Å²) in [4.78, 5) is 12.2. The number of amides is 1. The van der Waals surface area contributed by atoms with Crippen LogP contribution in [0.15, 0.2) is 0 Å². The van der Waals surface area contributed by atoms with Crippen LogP contribution in [0, 0.1) is 17.8 Å². The van der Waals surface area contributed by atoms with Crippen molar-refractivity contribution in [1.82, 2.24) is 10.6 Å². The lowest BCUT2D eigenvalue weighted by molar-refractivity contribution is -0.123. The zero-order valence-electron chi connectivity index (χ0n) is 12.6. The Morgan fingerprint density at radius 1 is 1.16 bits per heavy atom. The van der Waals surface area contributed by atoms with Gasteiger partial charge in [-0.15, -0.1) is 0 Å². The molecule has 1 aliphatic carbocycles. The minimum Gasteiger partial charge on any atom is -0.353 e. The van der Waals surface area contributed by atoms with E-state index in [-0.39, 0.29) is 0 Å². The average Bonchev–Trinajstić information content (AvgIpc) is 2.40. The number of piperidine rings is 1. The molecule has 2 aliphatic rings. The van der Waals surface area contributed by atoms with Gasteiger partial charge in [0.15, 0.2) is 0 Å². The number of rotatable bonds is 4. The average molecular weight is 266 g/mol. The van der Waals surface area contributed by atoms with Crippen molar-refractivity contribution in [3.63, 3.8) is 0 Å². The van der Waals surface area contributed by atoms with Gasteiger partial charge in [-0.3, -0.25) is 4.79 Å². The molecular weight excluding hydrogens is 236 g/mol. The molecule has 2 fully saturated rings. The van der Waals surface area contributed by atoms with E-state index in [9.17, 15) is 4.79 Å². The number of hydrogen-bond donors (Lipinski definition) is 2. The molecule has 3 heteroatoms. The molecule has 0 radical (unpaired) electrons. The van der Waals surface area contributed by atoms with Crippen LogP contribution in [0.4, 0.5) is 0 Å². The summed E-state index contributed by atoms with van der Waals surface area (Å²) in [5.41, 5.74) is 0. The SMILES string of the molecule is CC(C)C1CCCCC1NC(=O)CC1CCNCC1. The molecule has 1 aliphatic heterocycles. The van der Waals surface area contributed by atoms with Crippen molar-refractivity contribution in [1.29, 1.82) is 0 Å². The third-order valence-electron chi connectivity index (χ3n) is 4.95. The lowest BCUT2D eigenvalue weighted by Gasteiger charge is -2.35. The summed E-state index contributed by atoms with van der Waals surface area (Å²) < 4.78 is 0. The molecule has 0 bridgehead atoms. The van der Waals surface area contributed by atoms with Gasteiger partial charge in [0.05, 0.1) is 0 Å². The monoisotopic (exact) mass is 266 g/mol. The van der Waals surface area contributed by atoms with Crippen molar-refractivity contribution in [3.8, 4) is 0 Å². The molecule has 2 atom stereocenters. The highest BCUT2D eigenvalue weighted by Gasteiger charge is 2.29. The molecule has 2 rings (SSSR count). The van der Waals surface area contributed by atoms with Crippen molar-refractivity contribution >= 4 is 5.91 Å². The lowest BCUT2D eigenvalue weighted by atomic mass is 9.77. The van der Waals surface area contributed by atoms with Gasteiger partial charge < -0.3 is 10.6 Å². The number of carbonyl (C=O) groups is 1. The molecule has 0 spiro atoms. The van der Waals surface area contributed by atoms with E-state index in [0.717, 1.165) is 32.4 Å². The topological polar surface area (TPSA) is 41.1 Å². The van der Waals surface area contributed by atoms with Crippen LogP contribution in [0.3, 0.4) is 0 Å². The second kappa shape index (κ2) is 7.28. The zero-order valence-corrected chi connectivity index (χ0v) is 12.6.